The van der Waals surface area contributed by atoms with Crippen LogP contribution in [0.5, 0.6) is 11.5 Å². The Morgan fingerprint density at radius 2 is 1.66 bits per heavy atom. The highest BCUT2D eigenvalue weighted by Crippen LogP contribution is 2.28. The van der Waals surface area contributed by atoms with Gasteiger partial charge in [-0.3, -0.25) is 4.79 Å². The number of fused-ring (bicyclic) bond motifs is 1. The largest absolute Gasteiger partial charge is 0.493 e. The Morgan fingerprint density at radius 3 is 2.41 bits per heavy atom. The summed E-state index contributed by atoms with van der Waals surface area (Å²) in [7, 11) is 3.15. The van der Waals surface area contributed by atoms with E-state index in [0.717, 1.165) is 16.8 Å². The summed E-state index contributed by atoms with van der Waals surface area (Å²) >= 11 is 0. The van der Waals surface area contributed by atoms with E-state index in [1.165, 1.54) is 0 Å². The molecule has 146 valence electrons. The zero-order chi connectivity index (χ0) is 20.2. The average molecular weight is 388 g/mol. The summed E-state index contributed by atoms with van der Waals surface area (Å²) in [5.74, 6) is 1.09. The number of para-hydroxylation sites is 1. The molecule has 7 heteroatoms. The average Bonchev–Trinajstić information content (AvgIpc) is 3.17. The molecular weight excluding hydrogens is 368 g/mol. The molecule has 0 fully saturated rings. The molecule has 0 saturated heterocycles. The third kappa shape index (κ3) is 4.03. The van der Waals surface area contributed by atoms with Gasteiger partial charge in [0.15, 0.2) is 11.5 Å². The summed E-state index contributed by atoms with van der Waals surface area (Å²) < 4.78 is 10.5. The van der Waals surface area contributed by atoms with Crippen molar-refractivity contribution < 1.29 is 14.3 Å². The van der Waals surface area contributed by atoms with Crippen LogP contribution >= 0.6 is 0 Å². The topological polar surface area (TPSA) is 78.3 Å². The maximum absolute atomic E-state index is 12.5. The number of carbonyl (C=O) groups is 1. The Bertz CT molecular complexity index is 1160. The van der Waals surface area contributed by atoms with Gasteiger partial charge in [-0.1, -0.05) is 24.3 Å². The Kier molecular flexibility index (Phi) is 5.11. The fourth-order valence-electron chi connectivity index (χ4n) is 3.05. The zero-order valence-corrected chi connectivity index (χ0v) is 16.1. The van der Waals surface area contributed by atoms with Gasteiger partial charge in [-0.05, 0) is 48.0 Å². The highest BCUT2D eigenvalue weighted by molar-refractivity contribution is 5.94. The second-order valence-electron chi connectivity index (χ2n) is 6.44. The number of hydrogen-bond donors (Lipinski definition) is 1. The molecule has 29 heavy (non-hydrogen) atoms. The number of anilines is 1. The van der Waals surface area contributed by atoms with Crippen molar-refractivity contribution in [3.63, 3.8) is 0 Å². The number of benzene rings is 3. The first kappa shape index (κ1) is 18.5. The number of ether oxygens (including phenoxy) is 2. The smallest absolute Gasteiger partial charge is 0.228 e. The van der Waals surface area contributed by atoms with E-state index >= 15 is 0 Å². The Hall–Kier alpha value is -3.87. The first-order valence-corrected chi connectivity index (χ1v) is 9.09. The summed E-state index contributed by atoms with van der Waals surface area (Å²) in [5, 5.41) is 11.9. The second-order valence-corrected chi connectivity index (χ2v) is 6.44. The number of hydrogen-bond acceptors (Lipinski definition) is 5. The highest BCUT2D eigenvalue weighted by atomic mass is 16.5. The van der Waals surface area contributed by atoms with Gasteiger partial charge >= 0.3 is 0 Å². The van der Waals surface area contributed by atoms with Crippen molar-refractivity contribution in [2.45, 2.75) is 6.42 Å². The molecule has 1 aromatic heterocycles. The fourth-order valence-corrected chi connectivity index (χ4v) is 3.05. The molecule has 7 nitrogen and oxygen atoms in total. The molecule has 1 amide bonds. The summed E-state index contributed by atoms with van der Waals surface area (Å²) in [6.45, 7) is 0. The second kappa shape index (κ2) is 8.02. The molecule has 1 N–H and O–H groups in total. The maximum atomic E-state index is 12.5. The number of rotatable bonds is 6. The zero-order valence-electron chi connectivity index (χ0n) is 16.1. The molecule has 0 bridgehead atoms. The van der Waals surface area contributed by atoms with Gasteiger partial charge in [-0.15, -0.1) is 10.2 Å². The van der Waals surface area contributed by atoms with Crippen molar-refractivity contribution in [2.24, 2.45) is 0 Å². The molecule has 0 aliphatic rings. The van der Waals surface area contributed by atoms with E-state index in [4.69, 9.17) is 9.47 Å². The molecule has 3 aromatic carbocycles. The molecular formula is C22H20N4O3. The van der Waals surface area contributed by atoms with Gasteiger partial charge in [0.25, 0.3) is 0 Å². The Morgan fingerprint density at radius 1 is 0.897 bits per heavy atom. The minimum Gasteiger partial charge on any atom is -0.493 e. The Balaban J connectivity index is 1.49. The van der Waals surface area contributed by atoms with E-state index in [9.17, 15) is 4.79 Å². The molecule has 4 aromatic rings. The lowest BCUT2D eigenvalue weighted by molar-refractivity contribution is -0.115. The van der Waals surface area contributed by atoms with Crippen LogP contribution < -0.4 is 14.8 Å². The minimum atomic E-state index is -0.132. The molecule has 0 saturated carbocycles. The molecule has 1 heterocycles. The fraction of sp³-hybridized carbons (Fsp3) is 0.136. The summed E-state index contributed by atoms with van der Waals surface area (Å²) in [6, 6.07) is 20.6. The summed E-state index contributed by atoms with van der Waals surface area (Å²) in [6.07, 6.45) is 0.217. The van der Waals surface area contributed by atoms with E-state index in [1.54, 1.807) is 31.1 Å². The van der Waals surface area contributed by atoms with Crippen molar-refractivity contribution in [3.8, 4) is 17.2 Å². The number of nitrogens with one attached hydrogen (secondary N) is 1. The number of nitrogens with zero attached hydrogens (tertiary/aromatic N) is 3. The lowest BCUT2D eigenvalue weighted by Gasteiger charge is -2.10. The lowest BCUT2D eigenvalue weighted by atomic mass is 10.1. The van der Waals surface area contributed by atoms with Crippen molar-refractivity contribution in [1.29, 1.82) is 0 Å². The highest BCUT2D eigenvalue weighted by Gasteiger charge is 2.10. The van der Waals surface area contributed by atoms with E-state index in [1.807, 2.05) is 54.6 Å². The molecule has 0 unspecified atom stereocenters. The lowest BCUT2D eigenvalue weighted by Crippen LogP contribution is -2.14. The molecule has 0 atom stereocenters. The minimum absolute atomic E-state index is 0.132. The predicted molar refractivity (Wildman–Crippen MR) is 111 cm³/mol. The van der Waals surface area contributed by atoms with Gasteiger partial charge in [0, 0.05) is 5.69 Å². The molecule has 0 spiro atoms. The van der Waals surface area contributed by atoms with Crippen LogP contribution in [0.3, 0.4) is 0 Å². The van der Waals surface area contributed by atoms with Gasteiger partial charge in [0.1, 0.15) is 11.0 Å². The van der Waals surface area contributed by atoms with Crippen molar-refractivity contribution in [3.05, 3.63) is 72.3 Å². The summed E-state index contributed by atoms with van der Waals surface area (Å²) in [5.41, 5.74) is 3.84. The standard InChI is InChI=1S/C22H20N4O3/c1-28-20-11-8-15(12-21(20)29-2)13-22(27)23-16-9-10-18-19(14-16)25-26(24-18)17-6-4-3-5-7-17/h3-12,14H,13H2,1-2H3,(H,23,27). The normalized spacial score (nSPS) is 10.7. The maximum Gasteiger partial charge on any atom is 0.228 e. The molecule has 0 aliphatic heterocycles. The van der Waals surface area contributed by atoms with Gasteiger partial charge in [-0.25, -0.2) is 0 Å². The van der Waals surface area contributed by atoms with Crippen molar-refractivity contribution in [2.75, 3.05) is 19.5 Å². The third-order valence-corrected chi connectivity index (χ3v) is 4.46. The number of aromatic nitrogens is 3. The van der Waals surface area contributed by atoms with Gasteiger partial charge in [-0.2, -0.15) is 4.80 Å². The first-order chi connectivity index (χ1) is 14.2. The molecule has 0 radical (unpaired) electrons. The predicted octanol–water partition coefficient (Wildman–Crippen LogP) is 3.62. The van der Waals surface area contributed by atoms with Crippen LogP contribution in [0.1, 0.15) is 5.56 Å². The van der Waals surface area contributed by atoms with E-state index in [0.29, 0.717) is 22.7 Å². The van der Waals surface area contributed by atoms with Gasteiger partial charge in [0.2, 0.25) is 5.91 Å². The van der Waals surface area contributed by atoms with Gasteiger partial charge < -0.3 is 14.8 Å². The van der Waals surface area contributed by atoms with E-state index in [2.05, 4.69) is 15.5 Å². The van der Waals surface area contributed by atoms with Crippen LogP contribution in [0.2, 0.25) is 0 Å². The SMILES string of the molecule is COc1ccc(CC(=O)Nc2ccc3nn(-c4ccccc4)nc3c2)cc1OC. The van der Waals surface area contributed by atoms with Crippen LogP contribution in [0, 0.1) is 0 Å². The number of amides is 1. The van der Waals surface area contributed by atoms with E-state index < -0.39 is 0 Å². The van der Waals surface area contributed by atoms with Gasteiger partial charge in [0.05, 0.1) is 26.3 Å². The van der Waals surface area contributed by atoms with Crippen LogP contribution in [-0.4, -0.2) is 35.1 Å². The van der Waals surface area contributed by atoms with Crippen molar-refractivity contribution >= 4 is 22.6 Å². The first-order valence-electron chi connectivity index (χ1n) is 9.09. The van der Waals surface area contributed by atoms with Crippen LogP contribution in [0.15, 0.2) is 66.7 Å². The summed E-state index contributed by atoms with van der Waals surface area (Å²) in [4.78, 5) is 14.1. The van der Waals surface area contributed by atoms with Crippen molar-refractivity contribution in [1.82, 2.24) is 15.0 Å². The number of methoxy groups -OCH3 is 2. The quantitative estimate of drug-likeness (QED) is 0.546. The Labute approximate surface area is 167 Å². The van der Waals surface area contributed by atoms with Crippen LogP contribution in [0.4, 0.5) is 5.69 Å². The number of carbonyl (C=O) groups excluding carboxylic acids is 1. The third-order valence-electron chi connectivity index (χ3n) is 4.46. The van der Waals surface area contributed by atoms with Crippen LogP contribution in [0.25, 0.3) is 16.7 Å². The van der Waals surface area contributed by atoms with Crippen LogP contribution in [-0.2, 0) is 11.2 Å². The van der Waals surface area contributed by atoms with E-state index in [-0.39, 0.29) is 12.3 Å². The monoisotopic (exact) mass is 388 g/mol. The molecule has 0 aliphatic carbocycles. The molecule has 4 rings (SSSR count).